The number of rotatable bonds is 3. The van der Waals surface area contributed by atoms with E-state index in [0.29, 0.717) is 6.42 Å². The summed E-state index contributed by atoms with van der Waals surface area (Å²) in [7, 11) is -3.90. The number of alkyl halides is 3. The average molecular weight is 357 g/mol. The second-order valence-corrected chi connectivity index (χ2v) is 7.32. The van der Waals surface area contributed by atoms with Gasteiger partial charge in [-0.25, -0.2) is 8.42 Å². The average Bonchev–Trinajstić information content (AvgIpc) is 2.53. The summed E-state index contributed by atoms with van der Waals surface area (Å²) >= 11 is 0. The van der Waals surface area contributed by atoms with E-state index in [1.54, 1.807) is 0 Å². The van der Waals surface area contributed by atoms with Crippen molar-refractivity contribution in [2.75, 3.05) is 6.54 Å². The van der Waals surface area contributed by atoms with Crippen molar-refractivity contribution < 1.29 is 26.3 Å². The fourth-order valence-electron chi connectivity index (χ4n) is 2.66. The molecule has 2 aromatic rings. The van der Waals surface area contributed by atoms with Crippen molar-refractivity contribution in [2.24, 2.45) is 0 Å². The molecule has 3 rings (SSSR count). The van der Waals surface area contributed by atoms with Gasteiger partial charge in [-0.3, -0.25) is 0 Å². The highest BCUT2D eigenvalue weighted by Crippen LogP contribution is 2.28. The molecule has 2 aromatic carbocycles. The van der Waals surface area contributed by atoms with Gasteiger partial charge in [0.2, 0.25) is 10.0 Å². The predicted molar refractivity (Wildman–Crippen MR) is 80.9 cm³/mol. The number of sulfonamides is 1. The molecule has 8 heteroatoms. The Balaban J connectivity index is 1.88. The van der Waals surface area contributed by atoms with Crippen LogP contribution in [0.1, 0.15) is 11.1 Å². The van der Waals surface area contributed by atoms with Crippen LogP contribution in [-0.2, 0) is 23.0 Å². The third kappa shape index (κ3) is 3.54. The number of fused-ring (bicyclic) bond motifs is 1. The van der Waals surface area contributed by atoms with Gasteiger partial charge in [0.1, 0.15) is 5.75 Å². The highest BCUT2D eigenvalue weighted by Gasteiger charge is 2.32. The molecule has 1 aliphatic heterocycles. The maximum absolute atomic E-state index is 12.7. The van der Waals surface area contributed by atoms with E-state index in [1.807, 2.05) is 24.3 Å². The SMILES string of the molecule is O=S(=O)(c1cccc(OC(F)(F)F)c1)N1CCc2ccccc2C1. The minimum Gasteiger partial charge on any atom is -0.406 e. The maximum Gasteiger partial charge on any atom is 0.573 e. The Kier molecular flexibility index (Phi) is 4.27. The molecule has 0 aliphatic carbocycles. The molecule has 4 nitrogen and oxygen atoms in total. The molecule has 0 aromatic heterocycles. The molecule has 24 heavy (non-hydrogen) atoms. The van der Waals surface area contributed by atoms with Crippen LogP contribution in [0, 0.1) is 0 Å². The Morgan fingerprint density at radius 3 is 2.42 bits per heavy atom. The van der Waals surface area contributed by atoms with Gasteiger partial charge in [0.15, 0.2) is 0 Å². The van der Waals surface area contributed by atoms with Crippen LogP contribution in [0.5, 0.6) is 5.75 Å². The van der Waals surface area contributed by atoms with Gasteiger partial charge in [0.25, 0.3) is 0 Å². The molecule has 0 bridgehead atoms. The van der Waals surface area contributed by atoms with Crippen molar-refractivity contribution in [2.45, 2.75) is 24.2 Å². The molecule has 0 saturated heterocycles. The topological polar surface area (TPSA) is 46.6 Å². The van der Waals surface area contributed by atoms with Crippen molar-refractivity contribution >= 4 is 10.0 Å². The van der Waals surface area contributed by atoms with E-state index in [9.17, 15) is 21.6 Å². The molecule has 0 atom stereocenters. The van der Waals surface area contributed by atoms with Crippen molar-refractivity contribution in [1.29, 1.82) is 0 Å². The Labute approximate surface area is 137 Å². The quantitative estimate of drug-likeness (QED) is 0.847. The number of hydrogen-bond donors (Lipinski definition) is 0. The van der Waals surface area contributed by atoms with E-state index in [4.69, 9.17) is 0 Å². The van der Waals surface area contributed by atoms with Gasteiger partial charge in [0, 0.05) is 19.2 Å². The lowest BCUT2D eigenvalue weighted by Gasteiger charge is -2.28. The molecular formula is C16H14F3NO3S. The van der Waals surface area contributed by atoms with Crippen LogP contribution < -0.4 is 4.74 Å². The van der Waals surface area contributed by atoms with Crippen molar-refractivity contribution in [3.8, 4) is 5.75 Å². The zero-order valence-electron chi connectivity index (χ0n) is 12.5. The van der Waals surface area contributed by atoms with E-state index < -0.39 is 22.1 Å². The van der Waals surface area contributed by atoms with Gasteiger partial charge in [-0.15, -0.1) is 13.2 Å². The minimum absolute atomic E-state index is 0.197. The van der Waals surface area contributed by atoms with Crippen molar-refractivity contribution in [3.05, 3.63) is 59.7 Å². The maximum atomic E-state index is 12.7. The summed E-state index contributed by atoms with van der Waals surface area (Å²) in [5.74, 6) is -0.555. The molecule has 1 heterocycles. The normalized spacial score (nSPS) is 15.8. The number of nitrogens with zero attached hydrogens (tertiary/aromatic N) is 1. The fraction of sp³-hybridized carbons (Fsp3) is 0.250. The summed E-state index contributed by atoms with van der Waals surface area (Å²) in [5.41, 5.74) is 1.98. The van der Waals surface area contributed by atoms with Crippen LogP contribution >= 0.6 is 0 Å². The molecular weight excluding hydrogens is 343 g/mol. The molecule has 128 valence electrons. The highest BCUT2D eigenvalue weighted by molar-refractivity contribution is 7.89. The first-order valence-corrected chi connectivity index (χ1v) is 8.62. The van der Waals surface area contributed by atoms with Crippen LogP contribution in [0.25, 0.3) is 0 Å². The smallest absolute Gasteiger partial charge is 0.406 e. The van der Waals surface area contributed by atoms with Gasteiger partial charge in [-0.05, 0) is 29.7 Å². The Morgan fingerprint density at radius 1 is 1.00 bits per heavy atom. The first-order chi connectivity index (χ1) is 11.3. The standard InChI is InChI=1S/C16H14F3NO3S/c17-16(18,19)23-14-6-3-7-15(10-14)24(21,22)20-9-8-12-4-1-2-5-13(12)11-20/h1-7,10H,8-9,11H2. The van der Waals surface area contributed by atoms with E-state index >= 15 is 0 Å². The highest BCUT2D eigenvalue weighted by atomic mass is 32.2. The van der Waals surface area contributed by atoms with Crippen molar-refractivity contribution in [3.63, 3.8) is 0 Å². The molecule has 0 spiro atoms. The summed E-state index contributed by atoms with van der Waals surface area (Å²) in [5, 5.41) is 0. The number of benzene rings is 2. The molecule has 0 saturated carbocycles. The summed E-state index contributed by atoms with van der Waals surface area (Å²) < 4.78 is 67.4. The van der Waals surface area contributed by atoms with Gasteiger partial charge in [-0.1, -0.05) is 30.3 Å². The molecule has 0 fully saturated rings. The van der Waals surface area contributed by atoms with Gasteiger partial charge in [-0.2, -0.15) is 4.31 Å². The van der Waals surface area contributed by atoms with Gasteiger partial charge in [0.05, 0.1) is 4.90 Å². The van der Waals surface area contributed by atoms with E-state index in [2.05, 4.69) is 4.74 Å². The number of halogens is 3. The summed E-state index contributed by atoms with van der Waals surface area (Å²) in [6.07, 6.45) is -4.30. The summed E-state index contributed by atoms with van der Waals surface area (Å²) in [6.45, 7) is 0.479. The van der Waals surface area contributed by atoms with Gasteiger partial charge < -0.3 is 4.74 Å². The number of hydrogen-bond acceptors (Lipinski definition) is 3. The fourth-order valence-corrected chi connectivity index (χ4v) is 4.11. The van der Waals surface area contributed by atoms with Crippen LogP contribution in [0.15, 0.2) is 53.4 Å². The first-order valence-electron chi connectivity index (χ1n) is 7.18. The van der Waals surface area contributed by atoms with Crippen LogP contribution in [0.2, 0.25) is 0 Å². The lowest BCUT2D eigenvalue weighted by atomic mass is 10.0. The lowest BCUT2D eigenvalue weighted by Crippen LogP contribution is -2.35. The molecule has 0 amide bonds. The predicted octanol–water partition coefficient (Wildman–Crippen LogP) is 3.33. The Morgan fingerprint density at radius 2 is 1.71 bits per heavy atom. The van der Waals surface area contributed by atoms with E-state index in [0.717, 1.165) is 23.3 Å². The van der Waals surface area contributed by atoms with Gasteiger partial charge >= 0.3 is 6.36 Å². The Bertz CT molecular complexity index is 850. The largest absolute Gasteiger partial charge is 0.573 e. The van der Waals surface area contributed by atoms with E-state index in [1.165, 1.54) is 16.4 Å². The Hall–Kier alpha value is -2.06. The van der Waals surface area contributed by atoms with Crippen LogP contribution in [0.4, 0.5) is 13.2 Å². The zero-order valence-corrected chi connectivity index (χ0v) is 13.3. The third-order valence-electron chi connectivity index (χ3n) is 3.77. The second-order valence-electron chi connectivity index (χ2n) is 5.38. The first kappa shape index (κ1) is 16.8. The molecule has 0 unspecified atom stereocenters. The molecule has 1 aliphatic rings. The van der Waals surface area contributed by atoms with Crippen molar-refractivity contribution in [1.82, 2.24) is 4.31 Å². The lowest BCUT2D eigenvalue weighted by molar-refractivity contribution is -0.274. The van der Waals surface area contributed by atoms with E-state index in [-0.39, 0.29) is 18.0 Å². The van der Waals surface area contributed by atoms with Crippen LogP contribution in [-0.4, -0.2) is 25.6 Å². The molecule has 0 radical (unpaired) electrons. The summed E-state index contributed by atoms with van der Waals surface area (Å²) in [6, 6.07) is 12.0. The molecule has 0 N–H and O–H groups in total. The van der Waals surface area contributed by atoms with Crippen LogP contribution in [0.3, 0.4) is 0 Å². The third-order valence-corrected chi connectivity index (χ3v) is 5.61. The minimum atomic E-state index is -4.87. The monoisotopic (exact) mass is 357 g/mol. The zero-order chi connectivity index (χ0) is 17.4. The number of ether oxygens (including phenoxy) is 1. The second kappa shape index (κ2) is 6.10. The summed E-state index contributed by atoms with van der Waals surface area (Å²) in [4.78, 5) is -0.219.